The molecule has 2 unspecified atom stereocenters. The second kappa shape index (κ2) is 7.93. The molecule has 1 nitrogen and oxygen atoms in total. The summed E-state index contributed by atoms with van der Waals surface area (Å²) in [6.07, 6.45) is 6.64. The second-order valence-corrected chi connectivity index (χ2v) is 3.94. The molecule has 0 aliphatic carbocycles. The first-order valence-electron chi connectivity index (χ1n) is 5.14. The molecule has 0 rings (SSSR count). The standard InChI is InChI=1S/C10H23NS/c1-4-6-7-10(5-2)8-9(3)11-12/h9-12H,4-8H2,1-3H3. The predicted molar refractivity (Wildman–Crippen MR) is 59.5 cm³/mol. The van der Waals surface area contributed by atoms with E-state index in [2.05, 4.69) is 38.3 Å². The summed E-state index contributed by atoms with van der Waals surface area (Å²) < 4.78 is 3.00. The van der Waals surface area contributed by atoms with Gasteiger partial charge in [0.1, 0.15) is 0 Å². The van der Waals surface area contributed by atoms with Gasteiger partial charge in [0.15, 0.2) is 0 Å². The van der Waals surface area contributed by atoms with Crippen LogP contribution in [0.3, 0.4) is 0 Å². The molecule has 2 atom stereocenters. The van der Waals surface area contributed by atoms with Crippen molar-refractivity contribution in [1.82, 2.24) is 4.72 Å². The van der Waals surface area contributed by atoms with E-state index in [0.29, 0.717) is 6.04 Å². The molecule has 12 heavy (non-hydrogen) atoms. The van der Waals surface area contributed by atoms with Crippen LogP contribution in [-0.2, 0) is 0 Å². The maximum Gasteiger partial charge on any atom is 0.0143 e. The molecule has 0 saturated heterocycles. The van der Waals surface area contributed by atoms with Gasteiger partial charge in [0.2, 0.25) is 0 Å². The first-order chi connectivity index (χ1) is 5.74. The molecule has 0 fully saturated rings. The lowest BCUT2D eigenvalue weighted by molar-refractivity contribution is 0.387. The lowest BCUT2D eigenvalue weighted by atomic mass is 9.93. The highest BCUT2D eigenvalue weighted by atomic mass is 32.1. The predicted octanol–water partition coefficient (Wildman–Crippen LogP) is 3.42. The molecular weight excluding hydrogens is 166 g/mol. The monoisotopic (exact) mass is 189 g/mol. The molecule has 0 spiro atoms. The summed E-state index contributed by atoms with van der Waals surface area (Å²) >= 11 is 4.07. The minimum Gasteiger partial charge on any atom is -0.264 e. The zero-order valence-electron chi connectivity index (χ0n) is 8.64. The SMILES string of the molecule is CCCCC(CC)CC(C)NS. The Morgan fingerprint density at radius 1 is 1.33 bits per heavy atom. The Morgan fingerprint density at radius 2 is 2.00 bits per heavy atom. The van der Waals surface area contributed by atoms with Crippen molar-refractivity contribution in [2.75, 3.05) is 0 Å². The zero-order chi connectivity index (χ0) is 9.40. The third-order valence-electron chi connectivity index (χ3n) is 2.45. The van der Waals surface area contributed by atoms with Crippen LogP contribution in [0.2, 0.25) is 0 Å². The molecule has 0 amide bonds. The average Bonchev–Trinajstić information content (AvgIpc) is 2.11. The van der Waals surface area contributed by atoms with E-state index in [-0.39, 0.29) is 0 Å². The molecular formula is C10H23NS. The van der Waals surface area contributed by atoms with Gasteiger partial charge in [-0.2, -0.15) is 0 Å². The Bertz CT molecular complexity index is 95.8. The smallest absolute Gasteiger partial charge is 0.0143 e. The highest BCUT2D eigenvalue weighted by Gasteiger charge is 2.09. The number of unbranched alkanes of at least 4 members (excludes halogenated alkanes) is 1. The molecule has 2 heteroatoms. The Morgan fingerprint density at radius 3 is 2.42 bits per heavy atom. The van der Waals surface area contributed by atoms with Crippen molar-refractivity contribution in [2.24, 2.45) is 5.92 Å². The van der Waals surface area contributed by atoms with Gasteiger partial charge in [-0.3, -0.25) is 4.72 Å². The van der Waals surface area contributed by atoms with Gasteiger partial charge in [0, 0.05) is 6.04 Å². The number of thiol groups is 1. The molecule has 1 N–H and O–H groups in total. The molecule has 0 bridgehead atoms. The quantitative estimate of drug-likeness (QED) is 0.585. The maximum absolute atomic E-state index is 4.07. The van der Waals surface area contributed by atoms with E-state index in [9.17, 15) is 0 Å². The summed E-state index contributed by atoms with van der Waals surface area (Å²) in [6.45, 7) is 6.74. The number of hydrogen-bond acceptors (Lipinski definition) is 2. The first kappa shape index (κ1) is 12.3. The molecule has 0 aliphatic rings. The second-order valence-electron chi connectivity index (χ2n) is 3.68. The largest absolute Gasteiger partial charge is 0.264 e. The first-order valence-corrected chi connectivity index (χ1v) is 5.58. The van der Waals surface area contributed by atoms with E-state index in [4.69, 9.17) is 0 Å². The number of hydrogen-bond donors (Lipinski definition) is 2. The van der Waals surface area contributed by atoms with Gasteiger partial charge in [-0.1, -0.05) is 52.3 Å². The summed E-state index contributed by atoms with van der Waals surface area (Å²) in [5, 5.41) is 0. The van der Waals surface area contributed by atoms with Gasteiger partial charge in [-0.25, -0.2) is 0 Å². The van der Waals surface area contributed by atoms with E-state index < -0.39 is 0 Å². The fraction of sp³-hybridized carbons (Fsp3) is 1.00. The molecule has 0 aromatic carbocycles. The molecule has 0 saturated carbocycles. The van der Waals surface area contributed by atoms with Gasteiger partial charge in [0.05, 0.1) is 0 Å². The summed E-state index contributed by atoms with van der Waals surface area (Å²) in [7, 11) is 0. The van der Waals surface area contributed by atoms with E-state index in [0.717, 1.165) is 5.92 Å². The molecule has 0 aromatic rings. The molecule has 0 aliphatic heterocycles. The van der Waals surface area contributed by atoms with Crippen LogP contribution in [0.4, 0.5) is 0 Å². The summed E-state index contributed by atoms with van der Waals surface area (Å²) in [4.78, 5) is 0. The van der Waals surface area contributed by atoms with Crippen LogP contribution in [0.25, 0.3) is 0 Å². The lowest BCUT2D eigenvalue weighted by Gasteiger charge is -2.18. The van der Waals surface area contributed by atoms with Crippen molar-refractivity contribution in [3.05, 3.63) is 0 Å². The fourth-order valence-electron chi connectivity index (χ4n) is 1.53. The minimum atomic E-state index is 0.551. The topological polar surface area (TPSA) is 12.0 Å². The van der Waals surface area contributed by atoms with Crippen molar-refractivity contribution in [3.8, 4) is 0 Å². The Labute approximate surface area is 82.9 Å². The normalized spacial score (nSPS) is 16.0. The van der Waals surface area contributed by atoms with Crippen LogP contribution in [-0.4, -0.2) is 6.04 Å². The average molecular weight is 189 g/mol. The van der Waals surface area contributed by atoms with E-state index in [1.165, 1.54) is 32.1 Å². The third-order valence-corrected chi connectivity index (χ3v) is 2.89. The number of nitrogens with one attached hydrogen (secondary N) is 1. The molecule has 0 heterocycles. The van der Waals surface area contributed by atoms with Gasteiger partial charge >= 0.3 is 0 Å². The Kier molecular flexibility index (Phi) is 8.14. The van der Waals surface area contributed by atoms with Gasteiger partial charge < -0.3 is 0 Å². The van der Waals surface area contributed by atoms with Gasteiger partial charge in [0.25, 0.3) is 0 Å². The summed E-state index contributed by atoms with van der Waals surface area (Å²) in [6, 6.07) is 0.551. The van der Waals surface area contributed by atoms with Crippen molar-refractivity contribution in [2.45, 2.75) is 58.9 Å². The van der Waals surface area contributed by atoms with Gasteiger partial charge in [-0.05, 0) is 19.3 Å². The van der Waals surface area contributed by atoms with E-state index in [1.54, 1.807) is 0 Å². The van der Waals surface area contributed by atoms with Crippen LogP contribution in [0.15, 0.2) is 0 Å². The van der Waals surface area contributed by atoms with Crippen molar-refractivity contribution in [3.63, 3.8) is 0 Å². The van der Waals surface area contributed by atoms with E-state index >= 15 is 0 Å². The van der Waals surface area contributed by atoms with Crippen LogP contribution >= 0.6 is 12.8 Å². The zero-order valence-corrected chi connectivity index (χ0v) is 9.53. The van der Waals surface area contributed by atoms with Crippen molar-refractivity contribution < 1.29 is 0 Å². The summed E-state index contributed by atoms with van der Waals surface area (Å²) in [5.41, 5.74) is 0. The van der Waals surface area contributed by atoms with Gasteiger partial charge in [-0.15, -0.1) is 0 Å². The fourth-order valence-corrected chi connectivity index (χ4v) is 1.64. The highest BCUT2D eigenvalue weighted by molar-refractivity contribution is 7.78. The third kappa shape index (κ3) is 5.90. The molecule has 0 radical (unpaired) electrons. The van der Waals surface area contributed by atoms with Crippen LogP contribution < -0.4 is 4.72 Å². The maximum atomic E-state index is 4.07. The summed E-state index contributed by atoms with van der Waals surface area (Å²) in [5.74, 6) is 0.889. The minimum absolute atomic E-state index is 0.551. The van der Waals surface area contributed by atoms with Crippen LogP contribution in [0, 0.1) is 5.92 Å². The highest BCUT2D eigenvalue weighted by Crippen LogP contribution is 2.18. The van der Waals surface area contributed by atoms with Crippen LogP contribution in [0.1, 0.15) is 52.9 Å². The van der Waals surface area contributed by atoms with Crippen LogP contribution in [0.5, 0.6) is 0 Å². The lowest BCUT2D eigenvalue weighted by Crippen LogP contribution is -2.20. The Hall–Kier alpha value is 0.310. The molecule has 0 aromatic heterocycles. The van der Waals surface area contributed by atoms with Crippen molar-refractivity contribution in [1.29, 1.82) is 0 Å². The molecule has 74 valence electrons. The Balaban J connectivity index is 3.51. The van der Waals surface area contributed by atoms with Crippen molar-refractivity contribution >= 4 is 12.8 Å². The number of rotatable bonds is 7. The van der Waals surface area contributed by atoms with E-state index in [1.807, 2.05) is 0 Å².